The topological polar surface area (TPSA) is 27.7 Å². The molecule has 0 fully saturated rings. The fourth-order valence-electron chi connectivity index (χ4n) is 3.61. The van der Waals surface area contributed by atoms with E-state index in [0.717, 1.165) is 0 Å². The summed E-state index contributed by atoms with van der Waals surface area (Å²) >= 11 is 0. The van der Waals surface area contributed by atoms with Crippen molar-refractivity contribution < 1.29 is 27.4 Å². The first-order chi connectivity index (χ1) is 15.4. The van der Waals surface area contributed by atoms with Gasteiger partial charge in [-0.25, -0.2) is 0 Å². The van der Waals surface area contributed by atoms with Crippen LogP contribution in [0.3, 0.4) is 0 Å². The van der Waals surface area contributed by atoms with E-state index in [1.54, 1.807) is 61.7 Å². The number of halogens is 3. The van der Waals surface area contributed by atoms with Gasteiger partial charge in [-0.15, -0.1) is 13.2 Å². The van der Waals surface area contributed by atoms with Gasteiger partial charge in [0.25, 0.3) is 0 Å². The molecule has 4 rings (SSSR count). The van der Waals surface area contributed by atoms with Crippen molar-refractivity contribution in [2.45, 2.75) is 19.2 Å². The molecular formula is C26H21F3O3. The Morgan fingerprint density at radius 2 is 1.31 bits per heavy atom. The van der Waals surface area contributed by atoms with E-state index in [4.69, 9.17) is 9.47 Å². The van der Waals surface area contributed by atoms with Crippen LogP contribution in [0.25, 0.3) is 11.1 Å². The van der Waals surface area contributed by atoms with Crippen LogP contribution in [0.5, 0.6) is 17.2 Å². The lowest BCUT2D eigenvalue weighted by molar-refractivity contribution is -0.302. The third-order valence-electron chi connectivity index (χ3n) is 5.06. The molecule has 0 aromatic heterocycles. The van der Waals surface area contributed by atoms with Gasteiger partial charge in [-0.05, 0) is 60.4 Å². The molecule has 0 saturated heterocycles. The van der Waals surface area contributed by atoms with Crippen molar-refractivity contribution in [3.05, 3.63) is 102 Å². The molecule has 0 heterocycles. The van der Waals surface area contributed by atoms with Gasteiger partial charge >= 0.3 is 6.36 Å². The predicted octanol–water partition coefficient (Wildman–Crippen LogP) is 7.61. The minimum atomic E-state index is -4.81. The van der Waals surface area contributed by atoms with Crippen molar-refractivity contribution >= 4 is 11.1 Å². The van der Waals surface area contributed by atoms with Crippen LogP contribution >= 0.6 is 0 Å². The van der Waals surface area contributed by atoms with Gasteiger partial charge in [0, 0.05) is 11.1 Å². The van der Waals surface area contributed by atoms with Crippen LogP contribution in [0.1, 0.15) is 24.0 Å². The molecule has 6 heteroatoms. The smallest absolute Gasteiger partial charge is 0.497 e. The highest BCUT2D eigenvalue weighted by atomic mass is 19.4. The zero-order chi connectivity index (χ0) is 22.6. The zero-order valence-electron chi connectivity index (χ0n) is 17.4. The van der Waals surface area contributed by atoms with Gasteiger partial charge in [-0.1, -0.05) is 48.5 Å². The number of para-hydroxylation sites is 1. The Hall–Kier alpha value is -3.67. The van der Waals surface area contributed by atoms with Gasteiger partial charge in [0.05, 0.1) is 7.11 Å². The third kappa shape index (κ3) is 5.14. The van der Waals surface area contributed by atoms with E-state index >= 15 is 0 Å². The molecule has 0 spiro atoms. The van der Waals surface area contributed by atoms with Crippen molar-refractivity contribution in [3.8, 4) is 17.2 Å². The van der Waals surface area contributed by atoms with Crippen molar-refractivity contribution in [2.75, 3.05) is 7.11 Å². The molecule has 0 aliphatic heterocycles. The first-order valence-electron chi connectivity index (χ1n) is 10.1. The molecule has 3 nitrogen and oxygen atoms in total. The van der Waals surface area contributed by atoms with E-state index in [2.05, 4.69) is 4.74 Å². The van der Waals surface area contributed by atoms with Crippen LogP contribution in [0.15, 0.2) is 90.7 Å². The highest BCUT2D eigenvalue weighted by Gasteiger charge is 2.35. The Balaban J connectivity index is 1.67. The van der Waals surface area contributed by atoms with Gasteiger partial charge in [0.15, 0.2) is 0 Å². The van der Waals surface area contributed by atoms with Gasteiger partial charge in [-0.2, -0.15) is 0 Å². The van der Waals surface area contributed by atoms with E-state index in [0.29, 0.717) is 52.4 Å². The average Bonchev–Trinajstić information content (AvgIpc) is 2.80. The normalized spacial score (nSPS) is 14.1. The number of rotatable bonds is 6. The summed E-state index contributed by atoms with van der Waals surface area (Å²) in [4.78, 5) is 0. The lowest BCUT2D eigenvalue weighted by Gasteiger charge is -2.24. The van der Waals surface area contributed by atoms with Crippen molar-refractivity contribution in [1.29, 1.82) is 0 Å². The molecule has 0 unspecified atom stereocenters. The van der Waals surface area contributed by atoms with E-state index < -0.39 is 6.36 Å². The number of hydrogen-bond donors (Lipinski definition) is 0. The summed E-state index contributed by atoms with van der Waals surface area (Å²) < 4.78 is 55.4. The lowest BCUT2D eigenvalue weighted by atomic mass is 9.89. The molecule has 0 radical (unpaired) electrons. The first kappa shape index (κ1) is 21.6. The largest absolute Gasteiger partial charge is 0.573 e. The Bertz CT molecular complexity index is 1110. The summed E-state index contributed by atoms with van der Waals surface area (Å²) in [6, 6.07) is 23.1. The van der Waals surface area contributed by atoms with Crippen LogP contribution in [-0.4, -0.2) is 13.5 Å². The molecular weight excluding hydrogens is 417 g/mol. The molecule has 164 valence electrons. The van der Waals surface area contributed by atoms with Crippen LogP contribution in [-0.2, 0) is 4.74 Å². The van der Waals surface area contributed by atoms with Crippen LogP contribution in [0.2, 0.25) is 0 Å². The maximum atomic E-state index is 13.3. The van der Waals surface area contributed by atoms with Crippen molar-refractivity contribution in [1.82, 2.24) is 0 Å². The second kappa shape index (κ2) is 9.22. The fraction of sp³-hybridized carbons (Fsp3) is 0.154. The van der Waals surface area contributed by atoms with E-state index in [1.165, 1.54) is 0 Å². The summed E-state index contributed by atoms with van der Waals surface area (Å²) in [6.45, 7) is 0. The second-order valence-corrected chi connectivity index (χ2v) is 7.18. The van der Waals surface area contributed by atoms with Gasteiger partial charge in [0.1, 0.15) is 23.0 Å². The molecule has 1 aliphatic carbocycles. The summed E-state index contributed by atoms with van der Waals surface area (Å²) in [5, 5.41) is 0. The Morgan fingerprint density at radius 3 is 1.94 bits per heavy atom. The van der Waals surface area contributed by atoms with Crippen LogP contribution in [0, 0.1) is 0 Å². The highest BCUT2D eigenvalue weighted by molar-refractivity contribution is 5.89. The average molecular weight is 438 g/mol. The number of ether oxygens (including phenoxy) is 3. The molecule has 0 bridgehead atoms. The summed E-state index contributed by atoms with van der Waals surface area (Å²) in [6.07, 6.45) is -1.98. The number of hydrogen-bond acceptors (Lipinski definition) is 3. The standard InChI is InChI=1S/C26H21F3O3/c1-30-20-14-10-18(11-15-20)23-8-5-9-24(25(23)32-26(27,28)29)19-12-16-22(17-13-19)31-21-6-3-2-4-7-21/h2-4,6-7,9-17H,5,8H2,1H3. The van der Waals surface area contributed by atoms with E-state index in [9.17, 15) is 13.2 Å². The molecule has 3 aromatic rings. The van der Waals surface area contributed by atoms with E-state index in [1.807, 2.05) is 30.3 Å². The minimum Gasteiger partial charge on any atom is -0.497 e. The molecule has 0 atom stereocenters. The minimum absolute atomic E-state index is 0.175. The first-order valence-corrected chi connectivity index (χ1v) is 10.1. The Labute approximate surface area is 184 Å². The monoisotopic (exact) mass is 438 g/mol. The summed E-state index contributed by atoms with van der Waals surface area (Å²) in [5.41, 5.74) is 2.20. The van der Waals surface area contributed by atoms with Crippen molar-refractivity contribution in [2.24, 2.45) is 0 Å². The Kier molecular flexibility index (Phi) is 6.21. The number of allylic oxidation sites excluding steroid dienone is 3. The maximum Gasteiger partial charge on any atom is 0.573 e. The summed E-state index contributed by atoms with van der Waals surface area (Å²) in [7, 11) is 1.54. The van der Waals surface area contributed by atoms with E-state index in [-0.39, 0.29) is 5.76 Å². The van der Waals surface area contributed by atoms with Gasteiger partial charge in [-0.3, -0.25) is 0 Å². The number of benzene rings is 3. The van der Waals surface area contributed by atoms with Gasteiger partial charge < -0.3 is 14.2 Å². The molecule has 0 N–H and O–H groups in total. The summed E-state index contributed by atoms with van der Waals surface area (Å²) in [5.74, 6) is 1.73. The predicted molar refractivity (Wildman–Crippen MR) is 117 cm³/mol. The fourth-order valence-corrected chi connectivity index (χ4v) is 3.61. The molecule has 1 aliphatic rings. The lowest BCUT2D eigenvalue weighted by Crippen LogP contribution is -2.16. The molecule has 3 aromatic carbocycles. The van der Waals surface area contributed by atoms with Crippen LogP contribution in [0.4, 0.5) is 13.2 Å². The quantitative estimate of drug-likeness (QED) is 0.396. The highest BCUT2D eigenvalue weighted by Crippen LogP contribution is 2.41. The SMILES string of the molecule is COc1ccc(C2=C(OC(F)(F)F)C(c3ccc(Oc4ccccc4)cc3)=CCC2)cc1. The number of methoxy groups -OCH3 is 1. The molecule has 0 saturated carbocycles. The maximum absolute atomic E-state index is 13.3. The third-order valence-corrected chi connectivity index (χ3v) is 5.06. The zero-order valence-corrected chi connectivity index (χ0v) is 17.4. The number of alkyl halides is 3. The Morgan fingerprint density at radius 1 is 0.719 bits per heavy atom. The van der Waals surface area contributed by atoms with Crippen LogP contribution < -0.4 is 9.47 Å². The van der Waals surface area contributed by atoms with Gasteiger partial charge in [0.2, 0.25) is 0 Å². The molecule has 32 heavy (non-hydrogen) atoms. The second-order valence-electron chi connectivity index (χ2n) is 7.18. The van der Waals surface area contributed by atoms with Crippen molar-refractivity contribution in [3.63, 3.8) is 0 Å². The molecule has 0 amide bonds.